The van der Waals surface area contributed by atoms with Crippen LogP contribution in [-0.2, 0) is 32.6 Å². The molecule has 3 aromatic rings. The predicted octanol–water partition coefficient (Wildman–Crippen LogP) is 5.86. The molecule has 8 heteroatoms. The average molecular weight is 604 g/mol. The fourth-order valence-electron chi connectivity index (χ4n) is 5.99. The van der Waals surface area contributed by atoms with E-state index in [4.69, 9.17) is 0 Å². The Hall–Kier alpha value is -3.65. The highest BCUT2D eigenvalue weighted by molar-refractivity contribution is 7.92. The van der Waals surface area contributed by atoms with Crippen LogP contribution < -0.4 is 9.62 Å². The largest absolute Gasteiger partial charge is 0.352 e. The zero-order valence-corrected chi connectivity index (χ0v) is 26.7. The Labute approximate surface area is 257 Å². The Bertz CT molecular complexity index is 1480. The summed E-state index contributed by atoms with van der Waals surface area (Å²) in [7, 11) is -3.56. The molecule has 2 amide bonds. The van der Waals surface area contributed by atoms with Gasteiger partial charge in [-0.25, -0.2) is 8.42 Å². The van der Waals surface area contributed by atoms with Crippen LogP contribution in [0, 0.1) is 20.8 Å². The quantitative estimate of drug-likeness (QED) is 0.265. The van der Waals surface area contributed by atoms with Crippen molar-refractivity contribution in [3.05, 3.63) is 101 Å². The van der Waals surface area contributed by atoms with Gasteiger partial charge in [0.05, 0.1) is 11.9 Å². The van der Waals surface area contributed by atoms with E-state index < -0.39 is 16.1 Å². The number of benzene rings is 3. The molecule has 1 fully saturated rings. The SMILES string of the molecule is Cc1cc(C)cc(N(CCCC(=O)N(Cc2ccccc2C)[C@@H](Cc2ccccc2)C(=O)NC2CCCC2)S(C)(=O)=O)c1. The van der Waals surface area contributed by atoms with Gasteiger partial charge in [0.15, 0.2) is 0 Å². The maximum atomic E-state index is 14.1. The fraction of sp³-hybridized carbons (Fsp3) is 0.429. The van der Waals surface area contributed by atoms with E-state index in [1.54, 1.807) is 4.90 Å². The van der Waals surface area contributed by atoms with E-state index in [9.17, 15) is 18.0 Å². The minimum atomic E-state index is -3.56. The fourth-order valence-corrected chi connectivity index (χ4v) is 6.94. The lowest BCUT2D eigenvalue weighted by Crippen LogP contribution is -2.52. The number of nitrogens with one attached hydrogen (secondary N) is 1. The van der Waals surface area contributed by atoms with E-state index in [0.717, 1.165) is 53.5 Å². The Morgan fingerprint density at radius 2 is 1.53 bits per heavy atom. The second kappa shape index (κ2) is 14.7. The van der Waals surface area contributed by atoms with Crippen LogP contribution >= 0.6 is 0 Å². The van der Waals surface area contributed by atoms with Crippen LogP contribution in [-0.4, -0.2) is 50.0 Å². The first-order chi connectivity index (χ1) is 20.5. The molecule has 230 valence electrons. The molecule has 0 aliphatic heterocycles. The van der Waals surface area contributed by atoms with Crippen LogP contribution in [0.1, 0.15) is 66.3 Å². The first-order valence-corrected chi connectivity index (χ1v) is 17.1. The third-order valence-electron chi connectivity index (χ3n) is 8.22. The maximum Gasteiger partial charge on any atom is 0.243 e. The second-order valence-corrected chi connectivity index (χ2v) is 13.8. The van der Waals surface area contributed by atoms with Gasteiger partial charge < -0.3 is 10.2 Å². The summed E-state index contributed by atoms with van der Waals surface area (Å²) in [5.74, 6) is -0.301. The van der Waals surface area contributed by atoms with Crippen molar-refractivity contribution in [2.75, 3.05) is 17.1 Å². The third-order valence-corrected chi connectivity index (χ3v) is 9.42. The Kier molecular flexibility index (Phi) is 11.0. The molecular formula is C35H45N3O4S. The van der Waals surface area contributed by atoms with Gasteiger partial charge in [0.1, 0.15) is 6.04 Å². The van der Waals surface area contributed by atoms with Crippen LogP contribution in [0.15, 0.2) is 72.8 Å². The van der Waals surface area contributed by atoms with Crippen molar-refractivity contribution < 1.29 is 18.0 Å². The van der Waals surface area contributed by atoms with Crippen LogP contribution in [0.4, 0.5) is 5.69 Å². The summed E-state index contributed by atoms with van der Waals surface area (Å²) >= 11 is 0. The lowest BCUT2D eigenvalue weighted by Gasteiger charge is -2.33. The third kappa shape index (κ3) is 9.17. The van der Waals surface area contributed by atoms with E-state index >= 15 is 0 Å². The normalized spacial score (nSPS) is 14.3. The zero-order chi connectivity index (χ0) is 31.0. The average Bonchev–Trinajstić information content (AvgIpc) is 3.46. The van der Waals surface area contributed by atoms with Gasteiger partial charge in [0.25, 0.3) is 0 Å². The lowest BCUT2D eigenvalue weighted by atomic mass is 10.0. The van der Waals surface area contributed by atoms with Crippen molar-refractivity contribution >= 4 is 27.5 Å². The summed E-state index contributed by atoms with van der Waals surface area (Å²) in [6.07, 6.45) is 6.13. The Morgan fingerprint density at radius 3 is 2.16 bits per heavy atom. The number of hydrogen-bond donors (Lipinski definition) is 1. The number of hydrogen-bond acceptors (Lipinski definition) is 4. The van der Waals surface area contributed by atoms with E-state index in [-0.39, 0.29) is 30.8 Å². The molecule has 0 spiro atoms. The van der Waals surface area contributed by atoms with Crippen molar-refractivity contribution in [2.24, 2.45) is 0 Å². The zero-order valence-electron chi connectivity index (χ0n) is 25.9. The summed E-state index contributed by atoms with van der Waals surface area (Å²) in [6, 6.07) is 22.9. The highest BCUT2D eigenvalue weighted by Crippen LogP contribution is 2.24. The van der Waals surface area contributed by atoms with Crippen LogP contribution in [0.25, 0.3) is 0 Å². The predicted molar refractivity (Wildman–Crippen MR) is 173 cm³/mol. The number of anilines is 1. The van der Waals surface area contributed by atoms with Gasteiger partial charge in [0, 0.05) is 32.0 Å². The highest BCUT2D eigenvalue weighted by atomic mass is 32.2. The van der Waals surface area contributed by atoms with E-state index in [1.807, 2.05) is 93.6 Å². The molecule has 1 saturated carbocycles. The number of nitrogens with zero attached hydrogens (tertiary/aromatic N) is 2. The summed E-state index contributed by atoms with van der Waals surface area (Å²) in [4.78, 5) is 29.7. The number of carbonyl (C=O) groups excluding carboxylic acids is 2. The van der Waals surface area contributed by atoms with Crippen LogP contribution in [0.5, 0.6) is 0 Å². The number of carbonyl (C=O) groups is 2. The molecular weight excluding hydrogens is 558 g/mol. The minimum absolute atomic E-state index is 0.116. The number of rotatable bonds is 13. The molecule has 43 heavy (non-hydrogen) atoms. The molecule has 0 heterocycles. The van der Waals surface area contributed by atoms with Gasteiger partial charge >= 0.3 is 0 Å². The highest BCUT2D eigenvalue weighted by Gasteiger charge is 2.32. The standard InChI is InChI=1S/C35H45N3O4S/c1-26-21-27(2)23-32(22-26)38(43(4,41)42)20-12-19-34(39)37(25-30-16-9-8-13-28(30)3)33(24-29-14-6-5-7-15-29)35(40)36-31-17-10-11-18-31/h5-9,13-16,21-23,31,33H,10-12,17-20,24-25H2,1-4H3,(H,36,40)/t33-/m0/s1. The van der Waals surface area contributed by atoms with E-state index in [0.29, 0.717) is 25.1 Å². The summed E-state index contributed by atoms with van der Waals surface area (Å²) < 4.78 is 26.9. The monoisotopic (exact) mass is 603 g/mol. The van der Waals surface area contributed by atoms with E-state index in [1.165, 1.54) is 10.6 Å². The smallest absolute Gasteiger partial charge is 0.243 e. The first kappa shape index (κ1) is 32.3. The van der Waals surface area contributed by atoms with Crippen LogP contribution in [0.2, 0.25) is 0 Å². The van der Waals surface area contributed by atoms with Crippen molar-refractivity contribution in [3.63, 3.8) is 0 Å². The first-order valence-electron chi connectivity index (χ1n) is 15.3. The van der Waals surface area contributed by atoms with Gasteiger partial charge in [-0.15, -0.1) is 0 Å². The van der Waals surface area contributed by atoms with E-state index in [2.05, 4.69) is 5.32 Å². The molecule has 1 aliphatic rings. The maximum absolute atomic E-state index is 14.1. The Morgan fingerprint density at radius 1 is 0.907 bits per heavy atom. The molecule has 4 rings (SSSR count). The number of sulfonamides is 1. The number of aryl methyl sites for hydroxylation is 3. The molecule has 1 aliphatic carbocycles. The molecule has 0 aromatic heterocycles. The number of amides is 2. The molecule has 1 N–H and O–H groups in total. The topological polar surface area (TPSA) is 86.8 Å². The van der Waals surface area contributed by atoms with Gasteiger partial charge in [-0.1, -0.05) is 73.5 Å². The second-order valence-electron chi connectivity index (χ2n) is 11.9. The molecule has 3 aromatic carbocycles. The summed E-state index contributed by atoms with van der Waals surface area (Å²) in [5.41, 5.74) is 5.56. The van der Waals surface area contributed by atoms with Gasteiger partial charge in [-0.05, 0) is 80.0 Å². The molecule has 7 nitrogen and oxygen atoms in total. The molecule has 0 radical (unpaired) electrons. The summed E-state index contributed by atoms with van der Waals surface area (Å²) in [5, 5.41) is 3.24. The van der Waals surface area contributed by atoms with Crippen molar-refractivity contribution in [1.82, 2.24) is 10.2 Å². The summed E-state index contributed by atoms with van der Waals surface area (Å²) in [6.45, 7) is 6.36. The molecule has 0 saturated heterocycles. The van der Waals surface area contributed by atoms with Crippen molar-refractivity contribution in [2.45, 2.75) is 84.3 Å². The van der Waals surface area contributed by atoms with Crippen LogP contribution in [0.3, 0.4) is 0 Å². The Balaban J connectivity index is 1.60. The minimum Gasteiger partial charge on any atom is -0.352 e. The van der Waals surface area contributed by atoms with Gasteiger partial charge in [-0.3, -0.25) is 13.9 Å². The van der Waals surface area contributed by atoms with Gasteiger partial charge in [-0.2, -0.15) is 0 Å². The molecule has 1 atom stereocenters. The van der Waals surface area contributed by atoms with Gasteiger partial charge in [0.2, 0.25) is 21.8 Å². The molecule has 0 unspecified atom stereocenters. The molecule has 0 bridgehead atoms. The van der Waals surface area contributed by atoms with Crippen molar-refractivity contribution in [1.29, 1.82) is 0 Å². The van der Waals surface area contributed by atoms with Crippen molar-refractivity contribution in [3.8, 4) is 0 Å². The lowest BCUT2D eigenvalue weighted by molar-refractivity contribution is -0.141.